The molecule has 6 heteroatoms. The van der Waals surface area contributed by atoms with Crippen molar-refractivity contribution in [1.82, 2.24) is 15.0 Å². The molecule has 0 amide bonds. The van der Waals surface area contributed by atoms with E-state index in [0.717, 1.165) is 13.0 Å². The molecule has 0 aliphatic rings. The van der Waals surface area contributed by atoms with E-state index in [1.807, 2.05) is 20.8 Å². The minimum Gasteiger partial charge on any atom is -0.464 e. The molecule has 0 fully saturated rings. The molecule has 0 unspecified atom stereocenters. The second-order valence-electron chi connectivity index (χ2n) is 3.04. The molecule has 16 heavy (non-hydrogen) atoms. The fourth-order valence-corrected chi connectivity index (χ4v) is 1.03. The predicted octanol–water partition coefficient (Wildman–Crippen LogP) is 1.49. The molecule has 1 heterocycles. The van der Waals surface area contributed by atoms with Gasteiger partial charge in [0.2, 0.25) is 5.95 Å². The van der Waals surface area contributed by atoms with Crippen LogP contribution in [0.25, 0.3) is 0 Å². The van der Waals surface area contributed by atoms with E-state index in [0.29, 0.717) is 31.2 Å². The van der Waals surface area contributed by atoms with Gasteiger partial charge >= 0.3 is 12.0 Å². The Morgan fingerprint density at radius 1 is 1.00 bits per heavy atom. The van der Waals surface area contributed by atoms with Gasteiger partial charge in [-0.1, -0.05) is 6.92 Å². The molecule has 0 aliphatic heterocycles. The van der Waals surface area contributed by atoms with E-state index in [9.17, 15) is 0 Å². The van der Waals surface area contributed by atoms with E-state index in [-0.39, 0.29) is 0 Å². The van der Waals surface area contributed by atoms with Crippen molar-refractivity contribution in [2.45, 2.75) is 27.2 Å². The van der Waals surface area contributed by atoms with Crippen molar-refractivity contribution in [3.63, 3.8) is 0 Å². The van der Waals surface area contributed by atoms with Crippen LogP contribution >= 0.6 is 0 Å². The molecule has 1 aromatic heterocycles. The summed E-state index contributed by atoms with van der Waals surface area (Å²) in [5.74, 6) is 0.479. The van der Waals surface area contributed by atoms with Gasteiger partial charge in [0, 0.05) is 6.54 Å². The number of rotatable bonds is 7. The summed E-state index contributed by atoms with van der Waals surface area (Å²) in [6, 6.07) is 0.593. The first kappa shape index (κ1) is 12.5. The monoisotopic (exact) mass is 226 g/mol. The highest BCUT2D eigenvalue weighted by Gasteiger charge is 2.07. The van der Waals surface area contributed by atoms with Crippen LogP contribution in [-0.2, 0) is 0 Å². The third-order valence-corrected chi connectivity index (χ3v) is 1.64. The molecule has 0 radical (unpaired) electrons. The zero-order valence-electron chi connectivity index (χ0n) is 9.99. The van der Waals surface area contributed by atoms with Crippen LogP contribution in [0.15, 0.2) is 0 Å². The Hall–Kier alpha value is -1.59. The molecule has 0 aliphatic carbocycles. The second-order valence-corrected chi connectivity index (χ2v) is 3.04. The Kier molecular flexibility index (Phi) is 5.31. The molecule has 0 saturated carbocycles. The average Bonchev–Trinajstić information content (AvgIpc) is 2.27. The van der Waals surface area contributed by atoms with Crippen molar-refractivity contribution in [2.75, 3.05) is 25.1 Å². The lowest BCUT2D eigenvalue weighted by atomic mass is 10.5. The van der Waals surface area contributed by atoms with Gasteiger partial charge in [-0.15, -0.1) is 4.98 Å². The number of ether oxygens (including phenoxy) is 2. The maximum absolute atomic E-state index is 5.35. The van der Waals surface area contributed by atoms with Crippen LogP contribution in [0.2, 0.25) is 0 Å². The van der Waals surface area contributed by atoms with E-state index in [2.05, 4.69) is 20.3 Å². The van der Waals surface area contributed by atoms with Gasteiger partial charge in [0.15, 0.2) is 0 Å². The number of aromatic nitrogens is 3. The van der Waals surface area contributed by atoms with Crippen molar-refractivity contribution < 1.29 is 9.47 Å². The second kappa shape index (κ2) is 6.81. The molecule has 1 rings (SSSR count). The predicted molar refractivity (Wildman–Crippen MR) is 60.9 cm³/mol. The van der Waals surface area contributed by atoms with Crippen molar-refractivity contribution in [3.05, 3.63) is 0 Å². The molecule has 1 N–H and O–H groups in total. The molecule has 90 valence electrons. The van der Waals surface area contributed by atoms with E-state index in [1.165, 1.54) is 0 Å². The fourth-order valence-electron chi connectivity index (χ4n) is 1.03. The lowest BCUT2D eigenvalue weighted by molar-refractivity contribution is 0.270. The third-order valence-electron chi connectivity index (χ3n) is 1.64. The molecule has 0 aromatic carbocycles. The molecule has 1 aromatic rings. The molecule has 6 nitrogen and oxygen atoms in total. The zero-order chi connectivity index (χ0) is 11.8. The summed E-state index contributed by atoms with van der Waals surface area (Å²) >= 11 is 0. The average molecular weight is 226 g/mol. The Morgan fingerprint density at radius 3 is 2.25 bits per heavy atom. The minimum absolute atomic E-state index is 0.291. The maximum Gasteiger partial charge on any atom is 0.324 e. The van der Waals surface area contributed by atoms with Gasteiger partial charge in [0.1, 0.15) is 0 Å². The Bertz CT molecular complexity index is 295. The van der Waals surface area contributed by atoms with Crippen molar-refractivity contribution in [3.8, 4) is 12.0 Å². The quantitative estimate of drug-likeness (QED) is 0.759. The first-order chi connectivity index (χ1) is 7.80. The Morgan fingerprint density at radius 2 is 1.69 bits per heavy atom. The van der Waals surface area contributed by atoms with Gasteiger partial charge in [0.05, 0.1) is 13.2 Å². The van der Waals surface area contributed by atoms with E-state index < -0.39 is 0 Å². The molecule has 0 spiro atoms. The lowest BCUT2D eigenvalue weighted by Gasteiger charge is -2.07. The van der Waals surface area contributed by atoms with Gasteiger partial charge in [0.25, 0.3) is 0 Å². The smallest absolute Gasteiger partial charge is 0.324 e. The van der Waals surface area contributed by atoms with Crippen LogP contribution in [0, 0.1) is 0 Å². The van der Waals surface area contributed by atoms with Crippen molar-refractivity contribution in [1.29, 1.82) is 0 Å². The van der Waals surface area contributed by atoms with E-state index in [1.54, 1.807) is 0 Å². The van der Waals surface area contributed by atoms with Crippen molar-refractivity contribution >= 4 is 5.95 Å². The normalized spacial score (nSPS) is 9.94. The molecule has 0 atom stereocenters. The van der Waals surface area contributed by atoms with Gasteiger partial charge in [-0.2, -0.15) is 9.97 Å². The highest BCUT2D eigenvalue weighted by molar-refractivity contribution is 5.27. The number of hydrogen-bond donors (Lipinski definition) is 1. The summed E-state index contributed by atoms with van der Waals surface area (Å²) in [7, 11) is 0. The minimum atomic E-state index is 0.291. The summed E-state index contributed by atoms with van der Waals surface area (Å²) in [5.41, 5.74) is 0. The number of anilines is 1. The van der Waals surface area contributed by atoms with Gasteiger partial charge in [-0.05, 0) is 20.3 Å². The summed E-state index contributed by atoms with van der Waals surface area (Å²) < 4.78 is 10.6. The number of hydrogen-bond acceptors (Lipinski definition) is 6. The van der Waals surface area contributed by atoms with E-state index in [4.69, 9.17) is 9.47 Å². The Labute approximate surface area is 95.4 Å². The van der Waals surface area contributed by atoms with Gasteiger partial charge in [-0.3, -0.25) is 0 Å². The summed E-state index contributed by atoms with van der Waals surface area (Å²) in [6.45, 7) is 7.71. The van der Waals surface area contributed by atoms with Crippen LogP contribution < -0.4 is 14.8 Å². The lowest BCUT2D eigenvalue weighted by Crippen LogP contribution is -2.09. The van der Waals surface area contributed by atoms with Crippen LogP contribution in [0.5, 0.6) is 12.0 Å². The molecular weight excluding hydrogens is 208 g/mol. The Balaban J connectivity index is 2.80. The molecular formula is C10H18N4O2. The topological polar surface area (TPSA) is 69.2 Å². The van der Waals surface area contributed by atoms with Crippen LogP contribution in [0.3, 0.4) is 0 Å². The third kappa shape index (κ3) is 3.88. The summed E-state index contributed by atoms with van der Waals surface area (Å²) in [5, 5.41) is 3.00. The first-order valence-electron chi connectivity index (χ1n) is 5.55. The van der Waals surface area contributed by atoms with Gasteiger partial charge in [-0.25, -0.2) is 0 Å². The largest absolute Gasteiger partial charge is 0.464 e. The van der Waals surface area contributed by atoms with Crippen LogP contribution in [0.1, 0.15) is 27.2 Å². The standard InChI is InChI=1S/C10H18N4O2/c1-4-7-16-10-13-8(11-5-2)12-9(14-10)15-6-3/h4-7H2,1-3H3,(H,11,12,13,14). The maximum atomic E-state index is 5.35. The fraction of sp³-hybridized carbons (Fsp3) is 0.700. The van der Waals surface area contributed by atoms with Crippen LogP contribution in [-0.4, -0.2) is 34.7 Å². The summed E-state index contributed by atoms with van der Waals surface area (Å²) in [6.07, 6.45) is 0.909. The van der Waals surface area contributed by atoms with Gasteiger partial charge < -0.3 is 14.8 Å². The number of nitrogens with one attached hydrogen (secondary N) is 1. The highest BCUT2D eigenvalue weighted by Crippen LogP contribution is 2.12. The molecule has 0 bridgehead atoms. The van der Waals surface area contributed by atoms with Crippen molar-refractivity contribution in [2.24, 2.45) is 0 Å². The zero-order valence-corrected chi connectivity index (χ0v) is 9.99. The van der Waals surface area contributed by atoms with Crippen LogP contribution in [0.4, 0.5) is 5.95 Å². The van der Waals surface area contributed by atoms with E-state index >= 15 is 0 Å². The highest BCUT2D eigenvalue weighted by atomic mass is 16.5. The first-order valence-corrected chi connectivity index (χ1v) is 5.55. The molecule has 0 saturated heterocycles. The number of nitrogens with zero attached hydrogens (tertiary/aromatic N) is 3. The summed E-state index contributed by atoms with van der Waals surface area (Å²) in [4.78, 5) is 12.2. The SMILES string of the molecule is CCCOc1nc(NCC)nc(OCC)n1.